The lowest BCUT2D eigenvalue weighted by Gasteiger charge is -2.40. The molecule has 1 aromatic heterocycles. The summed E-state index contributed by atoms with van der Waals surface area (Å²) < 4.78 is 0. The van der Waals surface area contributed by atoms with E-state index >= 15 is 0 Å². The first-order valence-electron chi connectivity index (χ1n) is 7.72. The molecule has 2 aliphatic rings. The van der Waals surface area contributed by atoms with Crippen LogP contribution in [0.5, 0.6) is 0 Å². The van der Waals surface area contributed by atoms with Gasteiger partial charge >= 0.3 is 0 Å². The van der Waals surface area contributed by atoms with Gasteiger partial charge in [0.05, 0.1) is 5.69 Å². The van der Waals surface area contributed by atoms with Crippen LogP contribution >= 0.6 is 23.2 Å². The lowest BCUT2D eigenvalue weighted by molar-refractivity contribution is 0.162. The minimum atomic E-state index is 0.467. The number of nitrogens with one attached hydrogen (secondary N) is 1. The molecule has 0 bridgehead atoms. The first kappa shape index (κ1) is 14.5. The van der Waals surface area contributed by atoms with E-state index in [2.05, 4.69) is 10.3 Å². The van der Waals surface area contributed by atoms with Crippen molar-refractivity contribution in [3.05, 3.63) is 21.9 Å². The number of pyridine rings is 1. The summed E-state index contributed by atoms with van der Waals surface area (Å²) in [5.74, 6) is 1.89. The third-order valence-corrected chi connectivity index (χ3v) is 5.50. The Bertz CT molecular complexity index is 466. The molecule has 2 saturated carbocycles. The number of aromatic nitrogens is 1. The van der Waals surface area contributed by atoms with Crippen molar-refractivity contribution in [1.82, 2.24) is 4.98 Å². The smallest absolute Gasteiger partial charge is 0.154 e. The van der Waals surface area contributed by atoms with Crippen molar-refractivity contribution >= 4 is 28.9 Å². The fraction of sp³-hybridized carbons (Fsp3) is 0.688. The number of anilines is 1. The largest absolute Gasteiger partial charge is 0.380 e. The topological polar surface area (TPSA) is 24.9 Å². The Balaban J connectivity index is 1.69. The highest BCUT2D eigenvalue weighted by Crippen LogP contribution is 2.41. The van der Waals surface area contributed by atoms with Crippen molar-refractivity contribution in [2.45, 2.75) is 57.9 Å². The van der Waals surface area contributed by atoms with Gasteiger partial charge in [-0.3, -0.25) is 0 Å². The number of rotatable bonds is 2. The average molecular weight is 313 g/mol. The molecule has 1 aromatic rings. The minimum absolute atomic E-state index is 0.467. The van der Waals surface area contributed by atoms with Crippen molar-refractivity contribution in [3.8, 4) is 0 Å². The van der Waals surface area contributed by atoms with Gasteiger partial charge in [0, 0.05) is 6.04 Å². The minimum Gasteiger partial charge on any atom is -0.380 e. The highest BCUT2D eigenvalue weighted by atomic mass is 35.5. The van der Waals surface area contributed by atoms with Crippen LogP contribution in [0.15, 0.2) is 6.07 Å². The van der Waals surface area contributed by atoms with E-state index in [0.29, 0.717) is 16.3 Å². The summed E-state index contributed by atoms with van der Waals surface area (Å²) in [4.78, 5) is 4.15. The molecule has 0 aromatic carbocycles. The van der Waals surface area contributed by atoms with Gasteiger partial charge in [-0.1, -0.05) is 48.9 Å². The predicted molar refractivity (Wildman–Crippen MR) is 85.7 cm³/mol. The molecule has 0 radical (unpaired) electrons. The van der Waals surface area contributed by atoms with Crippen molar-refractivity contribution in [2.24, 2.45) is 11.8 Å². The fourth-order valence-electron chi connectivity index (χ4n) is 3.98. The number of hydrogen-bond acceptors (Lipinski definition) is 2. The number of fused-ring (bicyclic) bond motifs is 1. The molecule has 0 amide bonds. The van der Waals surface area contributed by atoms with Gasteiger partial charge in [-0.2, -0.15) is 0 Å². The quantitative estimate of drug-likeness (QED) is 0.733. The van der Waals surface area contributed by atoms with E-state index in [4.69, 9.17) is 23.2 Å². The summed E-state index contributed by atoms with van der Waals surface area (Å²) in [6, 6.07) is 2.41. The highest BCUT2D eigenvalue weighted by molar-refractivity contribution is 6.34. The van der Waals surface area contributed by atoms with Crippen LogP contribution in [-0.4, -0.2) is 11.0 Å². The maximum atomic E-state index is 6.23. The monoisotopic (exact) mass is 312 g/mol. The van der Waals surface area contributed by atoms with Crippen LogP contribution in [0, 0.1) is 18.8 Å². The molecule has 110 valence electrons. The van der Waals surface area contributed by atoms with Gasteiger partial charge in [-0.25, -0.2) is 4.98 Å². The van der Waals surface area contributed by atoms with Crippen LogP contribution in [0.3, 0.4) is 0 Å². The summed E-state index contributed by atoms with van der Waals surface area (Å²) in [6.07, 6.45) is 9.60. The number of nitrogens with zero attached hydrogens (tertiary/aromatic N) is 1. The second-order valence-corrected chi connectivity index (χ2v) is 7.13. The number of hydrogen-bond donors (Lipinski definition) is 1. The molecule has 3 unspecified atom stereocenters. The third-order valence-electron chi connectivity index (χ3n) is 5.03. The molecule has 4 heteroatoms. The zero-order chi connectivity index (χ0) is 14.1. The first-order valence-corrected chi connectivity index (χ1v) is 8.48. The molecule has 20 heavy (non-hydrogen) atoms. The molecule has 3 rings (SSSR count). The predicted octanol–water partition coefficient (Wildman–Crippen LogP) is 5.47. The summed E-state index contributed by atoms with van der Waals surface area (Å²) in [5, 5.41) is 4.59. The Morgan fingerprint density at radius 2 is 1.85 bits per heavy atom. The lowest BCUT2D eigenvalue weighted by Crippen LogP contribution is -2.34. The standard InChI is InChI=1S/C16H22Cl2N2/c1-10-8-14(17)20-16(18)15(10)19-13-7-6-11-4-2-3-5-12(11)9-13/h8,11-13,19H,2-7,9H2,1H3. The van der Waals surface area contributed by atoms with Crippen molar-refractivity contribution in [1.29, 1.82) is 0 Å². The van der Waals surface area contributed by atoms with Gasteiger partial charge in [0.15, 0.2) is 5.15 Å². The van der Waals surface area contributed by atoms with Gasteiger partial charge in [-0.05, 0) is 49.7 Å². The van der Waals surface area contributed by atoms with Gasteiger partial charge in [0.2, 0.25) is 0 Å². The van der Waals surface area contributed by atoms with E-state index in [1.165, 1.54) is 44.9 Å². The van der Waals surface area contributed by atoms with Gasteiger partial charge in [0.1, 0.15) is 5.15 Å². The van der Waals surface area contributed by atoms with E-state index in [9.17, 15) is 0 Å². The number of halogens is 2. The molecular weight excluding hydrogens is 291 g/mol. The normalized spacial score (nSPS) is 29.9. The maximum absolute atomic E-state index is 6.23. The van der Waals surface area contributed by atoms with E-state index in [1.807, 2.05) is 13.0 Å². The lowest BCUT2D eigenvalue weighted by atomic mass is 9.69. The van der Waals surface area contributed by atoms with E-state index < -0.39 is 0 Å². The van der Waals surface area contributed by atoms with E-state index in [-0.39, 0.29) is 0 Å². The van der Waals surface area contributed by atoms with Crippen LogP contribution in [0.25, 0.3) is 0 Å². The van der Waals surface area contributed by atoms with Gasteiger partial charge < -0.3 is 5.32 Å². The van der Waals surface area contributed by atoms with Crippen LogP contribution in [0.1, 0.15) is 50.5 Å². The average Bonchev–Trinajstić information content (AvgIpc) is 2.42. The third kappa shape index (κ3) is 3.07. The van der Waals surface area contributed by atoms with Gasteiger partial charge in [-0.15, -0.1) is 0 Å². The Labute approximate surface area is 131 Å². The van der Waals surface area contributed by atoms with E-state index in [1.54, 1.807) is 0 Å². The van der Waals surface area contributed by atoms with Crippen LogP contribution in [0.2, 0.25) is 10.3 Å². The second kappa shape index (κ2) is 6.11. The number of aryl methyl sites for hydroxylation is 1. The summed E-state index contributed by atoms with van der Waals surface area (Å²) in [5.41, 5.74) is 2.05. The summed E-state index contributed by atoms with van der Waals surface area (Å²) >= 11 is 12.2. The summed E-state index contributed by atoms with van der Waals surface area (Å²) in [7, 11) is 0. The second-order valence-electron chi connectivity index (χ2n) is 6.39. The molecule has 3 atom stereocenters. The molecular formula is C16H22Cl2N2. The summed E-state index contributed by atoms with van der Waals surface area (Å²) in [6.45, 7) is 2.04. The maximum Gasteiger partial charge on any atom is 0.154 e. The Kier molecular flexibility index (Phi) is 4.42. The molecule has 0 spiro atoms. The van der Waals surface area contributed by atoms with Crippen LogP contribution < -0.4 is 5.32 Å². The molecule has 2 fully saturated rings. The Morgan fingerprint density at radius 3 is 2.60 bits per heavy atom. The molecule has 0 aliphatic heterocycles. The van der Waals surface area contributed by atoms with Crippen molar-refractivity contribution < 1.29 is 0 Å². The van der Waals surface area contributed by atoms with Crippen LogP contribution in [0.4, 0.5) is 5.69 Å². The Morgan fingerprint density at radius 1 is 1.10 bits per heavy atom. The molecule has 1 heterocycles. The first-order chi connectivity index (χ1) is 9.63. The molecule has 2 aliphatic carbocycles. The molecule has 2 nitrogen and oxygen atoms in total. The zero-order valence-corrected chi connectivity index (χ0v) is 13.5. The van der Waals surface area contributed by atoms with E-state index in [0.717, 1.165) is 23.1 Å². The van der Waals surface area contributed by atoms with Gasteiger partial charge in [0.25, 0.3) is 0 Å². The van der Waals surface area contributed by atoms with Crippen molar-refractivity contribution in [3.63, 3.8) is 0 Å². The van der Waals surface area contributed by atoms with Crippen molar-refractivity contribution in [2.75, 3.05) is 5.32 Å². The highest BCUT2D eigenvalue weighted by Gasteiger charge is 2.32. The SMILES string of the molecule is Cc1cc(Cl)nc(Cl)c1NC1CCC2CCCCC2C1. The molecule has 1 N–H and O–H groups in total. The fourth-order valence-corrected chi connectivity index (χ4v) is 4.56. The Hall–Kier alpha value is -0.470. The van der Waals surface area contributed by atoms with Crippen LogP contribution in [-0.2, 0) is 0 Å². The molecule has 0 saturated heterocycles. The zero-order valence-electron chi connectivity index (χ0n) is 12.0.